The van der Waals surface area contributed by atoms with E-state index in [2.05, 4.69) is 10.3 Å². The summed E-state index contributed by atoms with van der Waals surface area (Å²) < 4.78 is 58.5. The molecular weight excluding hydrogens is 480 g/mol. The predicted molar refractivity (Wildman–Crippen MR) is 127 cm³/mol. The van der Waals surface area contributed by atoms with Crippen molar-refractivity contribution in [3.05, 3.63) is 52.7 Å². The zero-order valence-corrected chi connectivity index (χ0v) is 20.6. The van der Waals surface area contributed by atoms with E-state index < -0.39 is 30.0 Å². The van der Waals surface area contributed by atoms with Crippen LogP contribution in [0.25, 0.3) is 0 Å². The van der Waals surface area contributed by atoms with Crippen LogP contribution < -0.4 is 10.1 Å². The van der Waals surface area contributed by atoms with E-state index in [1.807, 2.05) is 36.0 Å². The van der Waals surface area contributed by atoms with E-state index in [1.54, 1.807) is 0 Å². The maximum Gasteiger partial charge on any atom is 0.433 e. The number of benzene rings is 1. The highest BCUT2D eigenvalue weighted by Crippen LogP contribution is 2.39. The number of hydrogen-bond donors (Lipinski definition) is 1. The van der Waals surface area contributed by atoms with Gasteiger partial charge < -0.3 is 10.1 Å². The van der Waals surface area contributed by atoms with E-state index in [0.29, 0.717) is 25.7 Å². The van der Waals surface area contributed by atoms with Crippen molar-refractivity contribution >= 4 is 17.7 Å². The van der Waals surface area contributed by atoms with Crippen LogP contribution in [0.4, 0.5) is 17.6 Å². The first-order chi connectivity index (χ1) is 16.7. The molecule has 1 aromatic heterocycles. The van der Waals surface area contributed by atoms with Crippen molar-refractivity contribution in [2.75, 3.05) is 12.9 Å². The van der Waals surface area contributed by atoms with Crippen LogP contribution in [0, 0.1) is 18.8 Å². The van der Waals surface area contributed by atoms with E-state index in [4.69, 9.17) is 4.74 Å². The molecule has 0 radical (unpaired) electrons. The molecule has 190 valence electrons. The Bertz CT molecular complexity index is 1030. The Hall–Kier alpha value is -2.29. The molecule has 1 heterocycles. The number of amides is 1. The second-order valence-corrected chi connectivity index (χ2v) is 10.6. The molecule has 2 fully saturated rings. The van der Waals surface area contributed by atoms with Gasteiger partial charge in [0, 0.05) is 10.6 Å². The molecule has 9 heteroatoms. The van der Waals surface area contributed by atoms with Gasteiger partial charge in [-0.25, -0.2) is 9.37 Å². The molecule has 0 saturated heterocycles. The summed E-state index contributed by atoms with van der Waals surface area (Å²) in [6.07, 6.45) is -0.828. The second-order valence-electron chi connectivity index (χ2n) is 9.49. The summed E-state index contributed by atoms with van der Waals surface area (Å²) in [4.78, 5) is 18.1. The summed E-state index contributed by atoms with van der Waals surface area (Å²) >= 11 is 1.81. The molecule has 0 aliphatic heterocycles. The van der Waals surface area contributed by atoms with Crippen molar-refractivity contribution in [1.29, 1.82) is 0 Å². The number of nitrogens with zero attached hydrogens (tertiary/aromatic N) is 1. The number of pyridine rings is 1. The van der Waals surface area contributed by atoms with Crippen molar-refractivity contribution in [3.8, 4) is 5.88 Å². The number of carbonyl (C=O) groups is 1. The predicted octanol–water partition coefficient (Wildman–Crippen LogP) is 6.92. The monoisotopic (exact) mass is 510 g/mol. The SMILES string of the molecule is COc1nc(C(F)(F)F)cc(C)c1C(=O)NC(c1ccc(SCC2CC2)cc1)C1CCC(F)CC1. The minimum absolute atomic E-state index is 0.0182. The van der Waals surface area contributed by atoms with Crippen molar-refractivity contribution in [2.24, 2.45) is 11.8 Å². The van der Waals surface area contributed by atoms with Gasteiger partial charge in [-0.2, -0.15) is 13.2 Å². The van der Waals surface area contributed by atoms with Crippen molar-refractivity contribution < 1.29 is 27.1 Å². The molecule has 2 saturated carbocycles. The number of methoxy groups -OCH3 is 1. The van der Waals surface area contributed by atoms with E-state index in [-0.39, 0.29) is 22.9 Å². The highest BCUT2D eigenvalue weighted by Gasteiger charge is 2.36. The number of hydrogen-bond acceptors (Lipinski definition) is 4. The highest BCUT2D eigenvalue weighted by molar-refractivity contribution is 7.99. The summed E-state index contributed by atoms with van der Waals surface area (Å²) in [5.41, 5.74) is -0.116. The molecule has 2 aliphatic rings. The number of ether oxygens (including phenoxy) is 1. The van der Waals surface area contributed by atoms with E-state index >= 15 is 0 Å². The Morgan fingerprint density at radius 3 is 2.37 bits per heavy atom. The van der Waals surface area contributed by atoms with Crippen LogP contribution in [0.1, 0.15) is 71.7 Å². The normalized spacial score (nSPS) is 21.4. The fraction of sp³-hybridized carbons (Fsp3) is 0.538. The lowest BCUT2D eigenvalue weighted by atomic mass is 9.80. The van der Waals surface area contributed by atoms with Gasteiger partial charge >= 0.3 is 6.18 Å². The van der Waals surface area contributed by atoms with Crippen LogP contribution >= 0.6 is 11.8 Å². The zero-order chi connectivity index (χ0) is 25.2. The van der Waals surface area contributed by atoms with Crippen molar-refractivity contribution in [2.45, 2.75) is 68.7 Å². The van der Waals surface area contributed by atoms with Gasteiger partial charge in [-0.05, 0) is 86.6 Å². The summed E-state index contributed by atoms with van der Waals surface area (Å²) in [6, 6.07) is 8.49. The van der Waals surface area contributed by atoms with Crippen LogP contribution in [-0.4, -0.2) is 29.9 Å². The third-order valence-electron chi connectivity index (χ3n) is 6.78. The Balaban J connectivity index is 1.59. The summed E-state index contributed by atoms with van der Waals surface area (Å²) in [6.45, 7) is 1.43. The average molecular weight is 511 g/mol. The van der Waals surface area contributed by atoms with Gasteiger partial charge in [0.15, 0.2) is 0 Å². The summed E-state index contributed by atoms with van der Waals surface area (Å²) in [5, 5.41) is 3.02. The smallest absolute Gasteiger partial charge is 0.433 e. The molecule has 35 heavy (non-hydrogen) atoms. The molecular formula is C26H30F4N2O2S. The third-order valence-corrected chi connectivity index (χ3v) is 8.02. The fourth-order valence-corrected chi connectivity index (χ4v) is 5.67. The number of carbonyl (C=O) groups excluding carboxylic acids is 1. The molecule has 0 bridgehead atoms. The number of nitrogens with one attached hydrogen (secondary N) is 1. The Morgan fingerprint density at radius 1 is 1.14 bits per heavy atom. The van der Waals surface area contributed by atoms with Crippen LogP contribution in [-0.2, 0) is 6.18 Å². The molecule has 1 unspecified atom stereocenters. The number of aryl methyl sites for hydroxylation is 1. The molecule has 1 aromatic carbocycles. The molecule has 2 aliphatic carbocycles. The van der Waals surface area contributed by atoms with Gasteiger partial charge in [-0.15, -0.1) is 11.8 Å². The minimum Gasteiger partial charge on any atom is -0.480 e. The summed E-state index contributed by atoms with van der Waals surface area (Å²) in [7, 11) is 1.19. The van der Waals surface area contributed by atoms with Crippen LogP contribution in [0.5, 0.6) is 5.88 Å². The fourth-order valence-electron chi connectivity index (χ4n) is 4.58. The Morgan fingerprint density at radius 2 is 1.80 bits per heavy atom. The minimum atomic E-state index is -4.65. The van der Waals surface area contributed by atoms with Gasteiger partial charge in [0.1, 0.15) is 17.4 Å². The lowest BCUT2D eigenvalue weighted by molar-refractivity contribution is -0.141. The van der Waals surface area contributed by atoms with Crippen molar-refractivity contribution in [1.82, 2.24) is 10.3 Å². The molecule has 1 N–H and O–H groups in total. The zero-order valence-electron chi connectivity index (χ0n) is 19.8. The van der Waals surface area contributed by atoms with Gasteiger partial charge in [0.25, 0.3) is 5.91 Å². The lowest BCUT2D eigenvalue weighted by Gasteiger charge is -2.33. The van der Waals surface area contributed by atoms with Gasteiger partial charge in [-0.1, -0.05) is 12.1 Å². The number of rotatable bonds is 8. The molecule has 4 rings (SSSR count). The van der Waals surface area contributed by atoms with Crippen molar-refractivity contribution in [3.63, 3.8) is 0 Å². The van der Waals surface area contributed by atoms with Crippen LogP contribution in [0.2, 0.25) is 0 Å². The number of aromatic nitrogens is 1. The Kier molecular flexibility index (Phi) is 7.93. The highest BCUT2D eigenvalue weighted by atomic mass is 32.2. The molecule has 1 amide bonds. The van der Waals surface area contributed by atoms with Gasteiger partial charge in [0.2, 0.25) is 5.88 Å². The number of alkyl halides is 4. The number of halogens is 4. The van der Waals surface area contributed by atoms with Crippen LogP contribution in [0.15, 0.2) is 35.2 Å². The van der Waals surface area contributed by atoms with E-state index in [0.717, 1.165) is 28.2 Å². The first-order valence-electron chi connectivity index (χ1n) is 12.0. The van der Waals surface area contributed by atoms with Gasteiger partial charge in [-0.3, -0.25) is 4.79 Å². The standard InChI is InChI=1S/C26H30F4N2O2S/c1-15-13-21(26(28,29)30)31-25(34-2)22(15)24(33)32-23(17-5-9-19(27)10-6-17)18-7-11-20(12-8-18)35-14-16-3-4-16/h7-8,11-13,16-17,19,23H,3-6,9-10,14H2,1-2H3,(H,32,33). The first-order valence-corrected chi connectivity index (χ1v) is 12.9. The average Bonchev–Trinajstić information content (AvgIpc) is 3.65. The third kappa shape index (κ3) is 6.48. The maximum atomic E-state index is 13.8. The molecule has 4 nitrogen and oxygen atoms in total. The molecule has 0 spiro atoms. The molecule has 1 atom stereocenters. The van der Waals surface area contributed by atoms with E-state index in [9.17, 15) is 22.4 Å². The number of thioether (sulfide) groups is 1. The van der Waals surface area contributed by atoms with Gasteiger partial charge in [0.05, 0.1) is 13.2 Å². The second kappa shape index (κ2) is 10.8. The summed E-state index contributed by atoms with van der Waals surface area (Å²) in [5.74, 6) is 0.996. The molecule has 2 aromatic rings. The van der Waals surface area contributed by atoms with E-state index in [1.165, 1.54) is 26.9 Å². The topological polar surface area (TPSA) is 51.2 Å². The lowest BCUT2D eigenvalue weighted by Crippen LogP contribution is -2.36. The largest absolute Gasteiger partial charge is 0.480 e. The van der Waals surface area contributed by atoms with Crippen LogP contribution in [0.3, 0.4) is 0 Å². The Labute approximate surface area is 207 Å². The quantitative estimate of drug-likeness (QED) is 0.309. The first kappa shape index (κ1) is 25.8. The maximum absolute atomic E-state index is 13.8.